The molecule has 0 aliphatic heterocycles. The van der Waals surface area contributed by atoms with E-state index in [1.54, 1.807) is 6.07 Å². The summed E-state index contributed by atoms with van der Waals surface area (Å²) >= 11 is 0. The summed E-state index contributed by atoms with van der Waals surface area (Å²) < 4.78 is 16.9. The zero-order valence-corrected chi connectivity index (χ0v) is 11.9. The largest absolute Gasteiger partial charge is 0.294 e. The monoisotopic (exact) mass is 286 g/mol. The maximum atomic E-state index is 13.6. The Morgan fingerprint density at radius 2 is 2.14 bits per heavy atom. The van der Waals surface area contributed by atoms with Gasteiger partial charge in [0.25, 0.3) is 5.56 Å². The molecule has 21 heavy (non-hydrogen) atoms. The third kappa shape index (κ3) is 2.33. The van der Waals surface area contributed by atoms with Gasteiger partial charge < -0.3 is 0 Å². The quantitative estimate of drug-likeness (QED) is 0.741. The number of aromatic nitrogens is 4. The van der Waals surface area contributed by atoms with Gasteiger partial charge in [0.1, 0.15) is 11.3 Å². The predicted molar refractivity (Wildman–Crippen MR) is 77.7 cm³/mol. The second-order valence-corrected chi connectivity index (χ2v) is 4.91. The highest BCUT2D eigenvalue weighted by Gasteiger charge is 2.10. The van der Waals surface area contributed by atoms with Crippen LogP contribution in [0.5, 0.6) is 0 Å². The van der Waals surface area contributed by atoms with Crippen LogP contribution in [0.25, 0.3) is 10.9 Å². The fraction of sp³-hybridized carbons (Fsp3) is 0.267. The average Bonchev–Trinajstić information content (AvgIpc) is 2.83. The fourth-order valence-electron chi connectivity index (χ4n) is 2.33. The molecule has 3 aromatic rings. The van der Waals surface area contributed by atoms with Crippen LogP contribution in [0, 0.1) is 12.7 Å². The van der Waals surface area contributed by atoms with E-state index in [4.69, 9.17) is 0 Å². The number of para-hydroxylation sites is 1. The highest BCUT2D eigenvalue weighted by molar-refractivity contribution is 5.77. The molecule has 0 spiro atoms. The molecule has 0 radical (unpaired) electrons. The topological polar surface area (TPSA) is 52.7 Å². The van der Waals surface area contributed by atoms with Crippen molar-refractivity contribution in [3.8, 4) is 0 Å². The summed E-state index contributed by atoms with van der Waals surface area (Å²) in [6.07, 6.45) is 3.30. The van der Waals surface area contributed by atoms with Crippen molar-refractivity contribution in [1.82, 2.24) is 19.3 Å². The second kappa shape index (κ2) is 5.12. The molecule has 0 amide bonds. The number of hydrogen-bond donors (Lipinski definition) is 0. The molecule has 2 heterocycles. The smallest absolute Gasteiger partial charge is 0.261 e. The van der Waals surface area contributed by atoms with Crippen LogP contribution in [0.1, 0.15) is 18.2 Å². The Balaban J connectivity index is 2.07. The van der Waals surface area contributed by atoms with E-state index in [9.17, 15) is 9.18 Å². The van der Waals surface area contributed by atoms with Gasteiger partial charge in [0, 0.05) is 18.3 Å². The lowest BCUT2D eigenvalue weighted by molar-refractivity contribution is 0.634. The van der Waals surface area contributed by atoms with Crippen molar-refractivity contribution in [3.63, 3.8) is 0 Å². The first kappa shape index (κ1) is 13.5. The van der Waals surface area contributed by atoms with E-state index >= 15 is 0 Å². The first-order valence-electron chi connectivity index (χ1n) is 6.76. The molecule has 0 unspecified atom stereocenters. The Labute approximate surface area is 120 Å². The Kier molecular flexibility index (Phi) is 3.29. The minimum Gasteiger partial charge on any atom is -0.294 e. The Morgan fingerprint density at radius 3 is 2.86 bits per heavy atom. The number of fused-ring (bicyclic) bond motifs is 1. The summed E-state index contributed by atoms with van der Waals surface area (Å²) in [5.74, 6) is -0.480. The van der Waals surface area contributed by atoms with E-state index in [0.717, 1.165) is 17.8 Å². The van der Waals surface area contributed by atoms with Crippen LogP contribution in [-0.4, -0.2) is 19.3 Å². The van der Waals surface area contributed by atoms with Gasteiger partial charge in [0.2, 0.25) is 0 Å². The molecule has 6 heteroatoms. The summed E-state index contributed by atoms with van der Waals surface area (Å²) in [7, 11) is 0. The van der Waals surface area contributed by atoms with Gasteiger partial charge in [-0.3, -0.25) is 14.0 Å². The minimum atomic E-state index is -0.480. The summed E-state index contributed by atoms with van der Waals surface area (Å²) in [6.45, 7) is 5.06. The van der Waals surface area contributed by atoms with E-state index in [1.165, 1.54) is 23.0 Å². The number of aryl methyl sites for hydroxylation is 2. The molecule has 2 aromatic heterocycles. The highest BCUT2D eigenvalue weighted by Crippen LogP contribution is 2.12. The summed E-state index contributed by atoms with van der Waals surface area (Å²) in [4.78, 5) is 16.5. The van der Waals surface area contributed by atoms with Crippen LogP contribution >= 0.6 is 0 Å². The van der Waals surface area contributed by atoms with Gasteiger partial charge in [-0.05, 0) is 26.0 Å². The van der Waals surface area contributed by atoms with Crippen molar-refractivity contribution in [3.05, 3.63) is 58.2 Å². The van der Waals surface area contributed by atoms with Crippen LogP contribution in [0.2, 0.25) is 0 Å². The third-order valence-corrected chi connectivity index (χ3v) is 3.52. The Bertz CT molecular complexity index is 866. The molecule has 108 valence electrons. The second-order valence-electron chi connectivity index (χ2n) is 4.91. The number of hydrogen-bond acceptors (Lipinski definition) is 3. The highest BCUT2D eigenvalue weighted by atomic mass is 19.1. The van der Waals surface area contributed by atoms with E-state index in [-0.39, 0.29) is 16.5 Å². The normalized spacial score (nSPS) is 11.2. The lowest BCUT2D eigenvalue weighted by Gasteiger charge is -2.06. The van der Waals surface area contributed by atoms with Crippen LogP contribution in [0.15, 0.2) is 35.5 Å². The summed E-state index contributed by atoms with van der Waals surface area (Å²) in [6, 6.07) is 4.41. The Hall–Kier alpha value is -2.50. The maximum Gasteiger partial charge on any atom is 0.261 e. The van der Waals surface area contributed by atoms with Gasteiger partial charge in [-0.25, -0.2) is 9.37 Å². The lowest BCUT2D eigenvalue weighted by atomic mass is 10.2. The van der Waals surface area contributed by atoms with Gasteiger partial charge in [-0.1, -0.05) is 6.07 Å². The van der Waals surface area contributed by atoms with Crippen molar-refractivity contribution in [1.29, 1.82) is 0 Å². The molecular formula is C15H15FN4O. The molecule has 0 saturated carbocycles. The van der Waals surface area contributed by atoms with E-state index in [1.807, 2.05) is 24.7 Å². The number of halogens is 1. The van der Waals surface area contributed by atoms with Gasteiger partial charge >= 0.3 is 0 Å². The maximum absolute atomic E-state index is 13.6. The average molecular weight is 286 g/mol. The van der Waals surface area contributed by atoms with Crippen LogP contribution in [-0.2, 0) is 13.1 Å². The van der Waals surface area contributed by atoms with Crippen LogP contribution < -0.4 is 5.56 Å². The molecule has 0 N–H and O–H groups in total. The van der Waals surface area contributed by atoms with Crippen molar-refractivity contribution in [2.24, 2.45) is 0 Å². The molecule has 5 nitrogen and oxygen atoms in total. The number of nitrogens with zero attached hydrogens (tertiary/aromatic N) is 4. The molecule has 0 aliphatic rings. The minimum absolute atomic E-state index is 0.111. The summed E-state index contributed by atoms with van der Waals surface area (Å²) in [5, 5.41) is 4.64. The van der Waals surface area contributed by atoms with Gasteiger partial charge in [0.05, 0.1) is 24.0 Å². The van der Waals surface area contributed by atoms with E-state index in [0.29, 0.717) is 6.54 Å². The first-order valence-corrected chi connectivity index (χ1v) is 6.76. The zero-order valence-electron chi connectivity index (χ0n) is 11.9. The number of rotatable bonds is 3. The number of benzene rings is 1. The summed E-state index contributed by atoms with van der Waals surface area (Å²) in [5.41, 5.74) is 1.70. The van der Waals surface area contributed by atoms with Crippen molar-refractivity contribution in [2.45, 2.75) is 26.9 Å². The molecule has 0 aliphatic carbocycles. The SMILES string of the molecule is CCn1cc(Cn2cnc3c(F)cccc3c2=O)c(C)n1. The van der Waals surface area contributed by atoms with E-state index in [2.05, 4.69) is 10.1 Å². The van der Waals surface area contributed by atoms with Crippen LogP contribution in [0.3, 0.4) is 0 Å². The molecular weight excluding hydrogens is 271 g/mol. The Morgan fingerprint density at radius 1 is 1.33 bits per heavy atom. The molecule has 1 aromatic carbocycles. The van der Waals surface area contributed by atoms with Gasteiger partial charge in [0.15, 0.2) is 0 Å². The van der Waals surface area contributed by atoms with Crippen LogP contribution in [0.4, 0.5) is 4.39 Å². The van der Waals surface area contributed by atoms with Gasteiger partial charge in [-0.2, -0.15) is 5.10 Å². The molecule has 3 rings (SSSR count). The standard InChI is InChI=1S/C15H15FN4O/c1-3-20-8-11(10(2)18-20)7-19-9-17-14-12(15(19)21)5-4-6-13(14)16/h4-6,8-9H,3,7H2,1-2H3. The van der Waals surface area contributed by atoms with E-state index < -0.39 is 5.82 Å². The molecule has 0 atom stereocenters. The first-order chi connectivity index (χ1) is 10.1. The molecule has 0 bridgehead atoms. The molecule has 0 saturated heterocycles. The van der Waals surface area contributed by atoms with Crippen molar-refractivity contribution >= 4 is 10.9 Å². The predicted octanol–water partition coefficient (Wildman–Crippen LogP) is 2.11. The molecule has 0 fully saturated rings. The van der Waals surface area contributed by atoms with Crippen molar-refractivity contribution in [2.75, 3.05) is 0 Å². The third-order valence-electron chi connectivity index (χ3n) is 3.52. The fourth-order valence-corrected chi connectivity index (χ4v) is 2.33. The zero-order chi connectivity index (χ0) is 15.0. The van der Waals surface area contributed by atoms with Gasteiger partial charge in [-0.15, -0.1) is 0 Å². The lowest BCUT2D eigenvalue weighted by Crippen LogP contribution is -2.21. The van der Waals surface area contributed by atoms with Crippen molar-refractivity contribution < 1.29 is 4.39 Å².